The summed E-state index contributed by atoms with van der Waals surface area (Å²) in [5.74, 6) is 2.64. The summed E-state index contributed by atoms with van der Waals surface area (Å²) in [6.45, 7) is 2.88. The van der Waals surface area contributed by atoms with Gasteiger partial charge in [0.2, 0.25) is 5.95 Å². The van der Waals surface area contributed by atoms with E-state index in [0.29, 0.717) is 4.64 Å². The molecule has 0 aliphatic carbocycles. The molecule has 0 radical (unpaired) electrons. The number of anilines is 1. The Kier molecular flexibility index (Phi) is 4.77. The zero-order valence-corrected chi connectivity index (χ0v) is 11.7. The van der Waals surface area contributed by atoms with E-state index in [1.54, 1.807) is 18.6 Å². The minimum absolute atomic E-state index is 0.687. The number of imidazole rings is 1. The SMILES string of the molecule is Cc1[nH]cnc1CSCCNc1nccc(=S)[nH]1. The summed E-state index contributed by atoms with van der Waals surface area (Å²) in [4.78, 5) is 14.5. The molecule has 0 aliphatic heterocycles. The molecular weight excluding hydrogens is 266 g/mol. The van der Waals surface area contributed by atoms with Gasteiger partial charge in [0.25, 0.3) is 0 Å². The molecule has 2 aromatic heterocycles. The highest BCUT2D eigenvalue weighted by molar-refractivity contribution is 7.98. The lowest BCUT2D eigenvalue weighted by Gasteiger charge is -2.04. The molecule has 5 nitrogen and oxygen atoms in total. The van der Waals surface area contributed by atoms with Crippen LogP contribution in [0.3, 0.4) is 0 Å². The summed E-state index contributed by atoms with van der Waals surface area (Å²) < 4.78 is 0.687. The van der Waals surface area contributed by atoms with Gasteiger partial charge < -0.3 is 15.3 Å². The molecule has 96 valence electrons. The van der Waals surface area contributed by atoms with Crippen molar-refractivity contribution in [3.63, 3.8) is 0 Å². The van der Waals surface area contributed by atoms with Crippen LogP contribution in [-0.2, 0) is 5.75 Å². The highest BCUT2D eigenvalue weighted by Crippen LogP contribution is 2.12. The molecule has 2 aromatic rings. The number of hydrogen-bond donors (Lipinski definition) is 3. The van der Waals surface area contributed by atoms with Crippen molar-refractivity contribution in [2.24, 2.45) is 0 Å². The van der Waals surface area contributed by atoms with Gasteiger partial charge >= 0.3 is 0 Å². The Labute approximate surface area is 115 Å². The van der Waals surface area contributed by atoms with Crippen LogP contribution >= 0.6 is 24.0 Å². The van der Waals surface area contributed by atoms with Crippen LogP contribution in [0.15, 0.2) is 18.6 Å². The second-order valence-electron chi connectivity index (χ2n) is 3.74. The van der Waals surface area contributed by atoms with Crippen LogP contribution in [0, 0.1) is 11.6 Å². The fraction of sp³-hybridized carbons (Fsp3) is 0.364. The van der Waals surface area contributed by atoms with E-state index in [1.807, 2.05) is 18.7 Å². The Morgan fingerprint density at radius 1 is 1.44 bits per heavy atom. The first kappa shape index (κ1) is 13.1. The predicted molar refractivity (Wildman–Crippen MR) is 77.4 cm³/mol. The average Bonchev–Trinajstić information content (AvgIpc) is 2.75. The Morgan fingerprint density at radius 3 is 3.06 bits per heavy atom. The van der Waals surface area contributed by atoms with E-state index in [2.05, 4.69) is 25.3 Å². The molecule has 3 N–H and O–H groups in total. The van der Waals surface area contributed by atoms with E-state index in [0.717, 1.165) is 35.4 Å². The van der Waals surface area contributed by atoms with E-state index in [-0.39, 0.29) is 0 Å². The smallest absolute Gasteiger partial charge is 0.201 e. The number of aromatic nitrogens is 4. The van der Waals surface area contributed by atoms with Crippen LogP contribution in [-0.4, -0.2) is 32.2 Å². The zero-order chi connectivity index (χ0) is 12.8. The standard InChI is InChI=1S/C11H15N5S2/c1-8-9(15-7-14-8)6-18-5-4-13-11-12-3-2-10(17)16-11/h2-3,7H,4-6H2,1H3,(H,14,15)(H2,12,13,16,17). The van der Waals surface area contributed by atoms with Crippen LogP contribution in [0.4, 0.5) is 5.95 Å². The Bertz CT molecular complexity index is 548. The fourth-order valence-electron chi connectivity index (χ4n) is 1.40. The van der Waals surface area contributed by atoms with E-state index in [1.165, 1.54) is 0 Å². The maximum atomic E-state index is 5.02. The van der Waals surface area contributed by atoms with Crippen molar-refractivity contribution in [1.82, 2.24) is 19.9 Å². The highest BCUT2D eigenvalue weighted by atomic mass is 32.2. The molecule has 0 unspecified atom stereocenters. The van der Waals surface area contributed by atoms with Gasteiger partial charge in [0.15, 0.2) is 0 Å². The lowest BCUT2D eigenvalue weighted by molar-refractivity contribution is 1.08. The molecule has 7 heteroatoms. The summed E-state index contributed by atoms with van der Waals surface area (Å²) in [6, 6.07) is 1.76. The highest BCUT2D eigenvalue weighted by Gasteiger charge is 2.00. The molecule has 0 saturated carbocycles. The Morgan fingerprint density at radius 2 is 2.33 bits per heavy atom. The molecule has 0 bridgehead atoms. The first-order chi connectivity index (χ1) is 8.75. The lowest BCUT2D eigenvalue weighted by atomic mass is 10.4. The summed E-state index contributed by atoms with van der Waals surface area (Å²) in [6.07, 6.45) is 3.43. The largest absolute Gasteiger partial charge is 0.355 e. The van der Waals surface area contributed by atoms with Crippen molar-refractivity contribution in [2.75, 3.05) is 17.6 Å². The molecule has 0 aliphatic rings. The number of nitrogens with one attached hydrogen (secondary N) is 3. The fourth-order valence-corrected chi connectivity index (χ4v) is 2.44. The van der Waals surface area contributed by atoms with Gasteiger partial charge in [0.1, 0.15) is 4.64 Å². The van der Waals surface area contributed by atoms with Crippen LogP contribution in [0.1, 0.15) is 11.4 Å². The van der Waals surface area contributed by atoms with Crippen molar-refractivity contribution in [2.45, 2.75) is 12.7 Å². The third kappa shape index (κ3) is 3.85. The van der Waals surface area contributed by atoms with Gasteiger partial charge in [-0.1, -0.05) is 12.2 Å². The van der Waals surface area contributed by atoms with Crippen LogP contribution in [0.25, 0.3) is 0 Å². The van der Waals surface area contributed by atoms with Gasteiger partial charge in [-0.05, 0) is 13.0 Å². The number of aryl methyl sites for hydroxylation is 1. The first-order valence-corrected chi connectivity index (χ1v) is 7.18. The van der Waals surface area contributed by atoms with Crippen molar-refractivity contribution in [3.8, 4) is 0 Å². The minimum Gasteiger partial charge on any atom is -0.355 e. The number of H-pyrrole nitrogens is 2. The lowest BCUT2D eigenvalue weighted by Crippen LogP contribution is -2.07. The maximum absolute atomic E-state index is 5.02. The second-order valence-corrected chi connectivity index (χ2v) is 5.28. The van der Waals surface area contributed by atoms with Gasteiger partial charge in [0.05, 0.1) is 12.0 Å². The Hall–Kier alpha value is -1.34. The monoisotopic (exact) mass is 281 g/mol. The average molecular weight is 281 g/mol. The minimum atomic E-state index is 0.687. The molecule has 0 fully saturated rings. The van der Waals surface area contributed by atoms with Crippen LogP contribution < -0.4 is 5.32 Å². The number of thioether (sulfide) groups is 1. The quantitative estimate of drug-likeness (QED) is 0.561. The molecule has 2 heterocycles. The number of hydrogen-bond acceptors (Lipinski definition) is 5. The summed E-state index contributed by atoms with van der Waals surface area (Å²) in [5, 5.41) is 3.20. The van der Waals surface area contributed by atoms with Crippen molar-refractivity contribution >= 4 is 29.9 Å². The predicted octanol–water partition coefficient (Wildman–Crippen LogP) is 2.52. The van der Waals surface area contributed by atoms with Crippen molar-refractivity contribution in [3.05, 3.63) is 34.6 Å². The molecular formula is C11H15N5S2. The maximum Gasteiger partial charge on any atom is 0.201 e. The van der Waals surface area contributed by atoms with Gasteiger partial charge in [-0.3, -0.25) is 0 Å². The number of rotatable bonds is 6. The van der Waals surface area contributed by atoms with E-state index < -0.39 is 0 Å². The first-order valence-electron chi connectivity index (χ1n) is 5.61. The molecule has 0 saturated heterocycles. The third-order valence-corrected chi connectivity index (χ3v) is 3.59. The number of nitrogens with zero attached hydrogens (tertiary/aromatic N) is 2. The summed E-state index contributed by atoms with van der Waals surface area (Å²) in [7, 11) is 0. The van der Waals surface area contributed by atoms with Gasteiger partial charge in [-0.2, -0.15) is 11.8 Å². The molecule has 2 rings (SSSR count). The topological polar surface area (TPSA) is 69.4 Å². The van der Waals surface area contributed by atoms with Crippen LogP contribution in [0.2, 0.25) is 0 Å². The van der Waals surface area contributed by atoms with Gasteiger partial charge in [0, 0.05) is 29.9 Å². The molecule has 0 amide bonds. The molecule has 0 atom stereocenters. The van der Waals surface area contributed by atoms with Crippen molar-refractivity contribution < 1.29 is 0 Å². The van der Waals surface area contributed by atoms with E-state index in [4.69, 9.17) is 12.2 Å². The zero-order valence-electron chi connectivity index (χ0n) is 10.1. The van der Waals surface area contributed by atoms with Gasteiger partial charge in [-0.25, -0.2) is 9.97 Å². The molecule has 18 heavy (non-hydrogen) atoms. The normalized spacial score (nSPS) is 10.5. The summed E-state index contributed by atoms with van der Waals surface area (Å²) in [5.41, 5.74) is 2.27. The number of aromatic amines is 2. The Balaban J connectivity index is 1.68. The summed E-state index contributed by atoms with van der Waals surface area (Å²) >= 11 is 6.85. The third-order valence-electron chi connectivity index (χ3n) is 2.38. The van der Waals surface area contributed by atoms with E-state index in [9.17, 15) is 0 Å². The second kappa shape index (κ2) is 6.55. The van der Waals surface area contributed by atoms with Gasteiger partial charge in [-0.15, -0.1) is 0 Å². The van der Waals surface area contributed by atoms with E-state index >= 15 is 0 Å². The molecule has 0 spiro atoms. The van der Waals surface area contributed by atoms with Crippen molar-refractivity contribution in [1.29, 1.82) is 0 Å². The van der Waals surface area contributed by atoms with Crippen LogP contribution in [0.5, 0.6) is 0 Å². The molecule has 0 aromatic carbocycles.